The van der Waals surface area contributed by atoms with Gasteiger partial charge in [0.2, 0.25) is 5.91 Å². The van der Waals surface area contributed by atoms with Gasteiger partial charge in [0, 0.05) is 37.7 Å². The molecule has 1 aliphatic carbocycles. The molecule has 2 N–H and O–H groups in total. The fraction of sp³-hybridized carbons (Fsp3) is 0.565. The second kappa shape index (κ2) is 9.63. The van der Waals surface area contributed by atoms with Gasteiger partial charge in [-0.1, -0.05) is 12.1 Å². The van der Waals surface area contributed by atoms with Crippen molar-refractivity contribution in [3.63, 3.8) is 0 Å². The Labute approximate surface area is 189 Å². The van der Waals surface area contributed by atoms with Crippen molar-refractivity contribution in [2.45, 2.75) is 50.4 Å². The van der Waals surface area contributed by atoms with Crippen molar-refractivity contribution in [2.24, 2.45) is 11.7 Å². The molecule has 168 valence electrons. The number of carbonyl (C=O) groups is 1. The van der Waals surface area contributed by atoms with E-state index in [4.69, 9.17) is 20.2 Å². The number of fused-ring (bicyclic) bond motifs is 1. The van der Waals surface area contributed by atoms with Crippen LogP contribution < -0.4 is 10.5 Å². The highest BCUT2D eigenvalue weighted by Crippen LogP contribution is 2.42. The highest BCUT2D eigenvalue weighted by Gasteiger charge is 2.41. The first-order chi connectivity index (χ1) is 15.1. The van der Waals surface area contributed by atoms with Gasteiger partial charge in [0.15, 0.2) is 0 Å². The molecule has 1 aromatic heterocycles. The van der Waals surface area contributed by atoms with Gasteiger partial charge in [-0.05, 0) is 43.7 Å². The summed E-state index contributed by atoms with van der Waals surface area (Å²) in [6.45, 7) is 1.33. The number of aromatic nitrogens is 2. The first-order valence-electron chi connectivity index (χ1n) is 11.0. The van der Waals surface area contributed by atoms with Crippen LogP contribution in [0.2, 0.25) is 0 Å². The largest absolute Gasteiger partial charge is 0.496 e. The lowest BCUT2D eigenvalue weighted by atomic mass is 9.80. The van der Waals surface area contributed by atoms with Gasteiger partial charge in [0.1, 0.15) is 11.6 Å². The van der Waals surface area contributed by atoms with Gasteiger partial charge in [-0.2, -0.15) is 12.6 Å². The lowest BCUT2D eigenvalue weighted by molar-refractivity contribution is -0.138. The Hall–Kier alpha value is -2.03. The molecule has 1 amide bonds. The number of rotatable bonds is 6. The van der Waals surface area contributed by atoms with Crippen LogP contribution in [0.1, 0.15) is 37.5 Å². The molecule has 0 spiro atoms. The molecule has 1 saturated carbocycles. The van der Waals surface area contributed by atoms with Gasteiger partial charge in [0.25, 0.3) is 0 Å². The quantitative estimate of drug-likeness (QED) is 0.670. The molecule has 0 saturated heterocycles. The third kappa shape index (κ3) is 4.33. The van der Waals surface area contributed by atoms with Crippen LogP contribution in [0.5, 0.6) is 5.75 Å². The summed E-state index contributed by atoms with van der Waals surface area (Å²) in [6, 6.07) is 7.21. The Kier molecular flexibility index (Phi) is 6.89. The van der Waals surface area contributed by atoms with Crippen LogP contribution in [0.4, 0.5) is 0 Å². The molecular formula is C23H32N4O3S. The molecule has 1 fully saturated rings. The molecule has 2 atom stereocenters. The molecule has 8 heteroatoms. The zero-order valence-corrected chi connectivity index (χ0v) is 19.1. The minimum absolute atomic E-state index is 0.0399. The zero-order valence-electron chi connectivity index (χ0n) is 18.2. The molecule has 0 radical (unpaired) electrons. The summed E-state index contributed by atoms with van der Waals surface area (Å²) in [6.07, 6.45) is 6.38. The van der Waals surface area contributed by atoms with E-state index in [9.17, 15) is 4.79 Å². The van der Waals surface area contributed by atoms with E-state index < -0.39 is 6.04 Å². The number of benzene rings is 1. The second-order valence-corrected chi connectivity index (χ2v) is 8.78. The number of methoxy groups -OCH3 is 2. The molecule has 7 nitrogen and oxygen atoms in total. The van der Waals surface area contributed by atoms with Gasteiger partial charge >= 0.3 is 0 Å². The predicted molar refractivity (Wildman–Crippen MR) is 123 cm³/mol. The third-order valence-corrected chi connectivity index (χ3v) is 7.06. The summed E-state index contributed by atoms with van der Waals surface area (Å²) in [5, 5.41) is 0. The van der Waals surface area contributed by atoms with Gasteiger partial charge in [-0.15, -0.1) is 0 Å². The molecule has 0 unspecified atom stereocenters. The molecule has 2 aromatic rings. The highest BCUT2D eigenvalue weighted by atomic mass is 32.1. The lowest BCUT2D eigenvalue weighted by Crippen LogP contribution is -2.52. The molecular weight excluding hydrogens is 412 g/mol. The molecule has 1 aliphatic heterocycles. The fourth-order valence-electron chi connectivity index (χ4n) is 4.97. The molecule has 4 rings (SSSR count). The van der Waals surface area contributed by atoms with Crippen LogP contribution in [-0.2, 0) is 16.1 Å². The van der Waals surface area contributed by atoms with Crippen molar-refractivity contribution in [1.82, 2.24) is 14.5 Å². The zero-order chi connectivity index (χ0) is 22.0. The Morgan fingerprint density at radius 3 is 2.65 bits per heavy atom. The monoisotopic (exact) mass is 444 g/mol. The summed E-state index contributed by atoms with van der Waals surface area (Å²) < 4.78 is 13.3. The van der Waals surface area contributed by atoms with Gasteiger partial charge < -0.3 is 24.7 Å². The van der Waals surface area contributed by atoms with E-state index >= 15 is 0 Å². The number of para-hydroxylation sites is 1. The SMILES string of the molecule is COc1ccccc1-c1cn2c(n1)[C@H](C1CCC(OC)CC1)N(C(=O)[C@@H](N)CS)CC2. The number of hydrogen-bond donors (Lipinski definition) is 2. The summed E-state index contributed by atoms with van der Waals surface area (Å²) in [4.78, 5) is 20.2. The number of nitrogens with zero attached hydrogens (tertiary/aromatic N) is 3. The van der Waals surface area contributed by atoms with Crippen LogP contribution in [-0.4, -0.2) is 59.0 Å². The Morgan fingerprint density at radius 1 is 1.23 bits per heavy atom. The van der Waals surface area contributed by atoms with Crippen molar-refractivity contribution in [3.8, 4) is 17.0 Å². The van der Waals surface area contributed by atoms with Crippen LogP contribution >= 0.6 is 12.6 Å². The van der Waals surface area contributed by atoms with E-state index in [1.807, 2.05) is 29.2 Å². The van der Waals surface area contributed by atoms with E-state index in [0.29, 0.717) is 30.9 Å². The number of nitrogens with two attached hydrogens (primary N) is 1. The van der Waals surface area contributed by atoms with Crippen LogP contribution in [0.25, 0.3) is 11.3 Å². The number of ether oxygens (including phenoxy) is 2. The minimum Gasteiger partial charge on any atom is -0.496 e. The molecule has 2 aliphatic rings. The third-order valence-electron chi connectivity index (χ3n) is 6.67. The first-order valence-corrected chi connectivity index (χ1v) is 11.6. The van der Waals surface area contributed by atoms with Gasteiger partial charge in [-0.3, -0.25) is 4.79 Å². The molecule has 1 aromatic carbocycles. The van der Waals surface area contributed by atoms with Crippen molar-refractivity contribution >= 4 is 18.5 Å². The number of hydrogen-bond acceptors (Lipinski definition) is 6. The highest BCUT2D eigenvalue weighted by molar-refractivity contribution is 7.80. The molecule has 31 heavy (non-hydrogen) atoms. The minimum atomic E-state index is -0.601. The topological polar surface area (TPSA) is 82.6 Å². The lowest BCUT2D eigenvalue weighted by Gasteiger charge is -2.43. The maximum atomic E-state index is 13.2. The van der Waals surface area contributed by atoms with E-state index in [1.165, 1.54) is 0 Å². The fourth-order valence-corrected chi connectivity index (χ4v) is 5.13. The van der Waals surface area contributed by atoms with Gasteiger partial charge in [-0.25, -0.2) is 4.98 Å². The predicted octanol–water partition coefficient (Wildman–Crippen LogP) is 2.90. The molecule has 0 bridgehead atoms. The van der Waals surface area contributed by atoms with Crippen LogP contribution in [0, 0.1) is 5.92 Å². The number of imidazole rings is 1. The number of amides is 1. The maximum absolute atomic E-state index is 13.2. The first kappa shape index (κ1) is 22.2. The van der Waals surface area contributed by atoms with Crippen molar-refractivity contribution in [2.75, 3.05) is 26.5 Å². The smallest absolute Gasteiger partial charge is 0.241 e. The molecule has 2 heterocycles. The number of carbonyl (C=O) groups excluding carboxylic acids is 1. The van der Waals surface area contributed by atoms with E-state index in [0.717, 1.165) is 48.5 Å². The van der Waals surface area contributed by atoms with Crippen molar-refractivity contribution < 1.29 is 14.3 Å². The normalized spacial score (nSPS) is 24.5. The summed E-state index contributed by atoms with van der Waals surface area (Å²) in [5.74, 6) is 2.35. The van der Waals surface area contributed by atoms with Gasteiger partial charge in [0.05, 0.1) is 31.0 Å². The van der Waals surface area contributed by atoms with Crippen molar-refractivity contribution in [1.29, 1.82) is 0 Å². The number of thiol groups is 1. The van der Waals surface area contributed by atoms with Crippen LogP contribution in [0.3, 0.4) is 0 Å². The maximum Gasteiger partial charge on any atom is 0.241 e. The summed E-state index contributed by atoms with van der Waals surface area (Å²) in [7, 11) is 3.45. The Morgan fingerprint density at radius 2 is 1.97 bits per heavy atom. The average molecular weight is 445 g/mol. The van der Waals surface area contributed by atoms with E-state index in [-0.39, 0.29) is 11.9 Å². The second-order valence-electron chi connectivity index (χ2n) is 8.42. The van der Waals surface area contributed by atoms with E-state index in [1.54, 1.807) is 14.2 Å². The van der Waals surface area contributed by atoms with E-state index in [2.05, 4.69) is 23.4 Å². The Bertz CT molecular complexity index is 910. The Balaban J connectivity index is 1.71. The standard InChI is InChI=1S/C23H32N4O3S/c1-29-16-9-7-15(8-10-16)21-22-25-19(17-5-3-4-6-20(17)30-2)13-26(22)11-12-27(21)23(28)18(24)14-31/h3-6,13,15-16,18,21,31H,7-12,14,24H2,1-2H3/t15?,16?,18-,21-/m0/s1. The summed E-state index contributed by atoms with van der Waals surface area (Å²) >= 11 is 4.26. The average Bonchev–Trinajstić information content (AvgIpc) is 3.26. The van der Waals surface area contributed by atoms with Crippen LogP contribution in [0.15, 0.2) is 30.5 Å². The summed E-state index contributed by atoms with van der Waals surface area (Å²) in [5.41, 5.74) is 7.93. The van der Waals surface area contributed by atoms with Crippen molar-refractivity contribution in [3.05, 3.63) is 36.3 Å².